The van der Waals surface area contributed by atoms with Gasteiger partial charge in [0.2, 0.25) is 0 Å². The second-order valence-corrected chi connectivity index (χ2v) is 11.4. The Balaban J connectivity index is 2.30. The molecule has 1 aliphatic rings. The highest BCUT2D eigenvalue weighted by molar-refractivity contribution is 5.54. The predicted molar refractivity (Wildman–Crippen MR) is 146 cm³/mol. The van der Waals surface area contributed by atoms with E-state index >= 15 is 0 Å². The minimum absolute atomic E-state index is 0.384. The lowest BCUT2D eigenvalue weighted by molar-refractivity contribution is 0.129. The molecule has 0 amide bonds. The van der Waals surface area contributed by atoms with Crippen molar-refractivity contribution in [3.8, 4) is 0 Å². The Kier molecular flexibility index (Phi) is 8.54. The molecule has 0 bridgehead atoms. The van der Waals surface area contributed by atoms with Crippen molar-refractivity contribution in [2.75, 3.05) is 11.5 Å². The van der Waals surface area contributed by atoms with Gasteiger partial charge < -0.3 is 11.5 Å². The zero-order valence-corrected chi connectivity index (χ0v) is 22.2. The summed E-state index contributed by atoms with van der Waals surface area (Å²) in [6.07, 6.45) is 6.23. The summed E-state index contributed by atoms with van der Waals surface area (Å²) in [6.45, 7) is 16.6. The summed E-state index contributed by atoms with van der Waals surface area (Å²) in [5, 5.41) is 0. The summed E-state index contributed by atoms with van der Waals surface area (Å²) in [7, 11) is 0. The predicted octanol–water partition coefficient (Wildman–Crippen LogP) is 8.72. The van der Waals surface area contributed by atoms with Crippen LogP contribution in [0.1, 0.15) is 121 Å². The van der Waals surface area contributed by atoms with E-state index < -0.39 is 0 Å². The summed E-state index contributed by atoms with van der Waals surface area (Å²) in [6, 6.07) is 13.5. The van der Waals surface area contributed by atoms with Crippen LogP contribution < -0.4 is 11.5 Å². The minimum atomic E-state index is 0.384. The van der Waals surface area contributed by atoms with Gasteiger partial charge in [0.15, 0.2) is 0 Å². The number of hydrogen-bond donors (Lipinski definition) is 2. The molecular weight excluding hydrogens is 400 g/mol. The molecule has 3 rings (SSSR count). The second-order valence-electron chi connectivity index (χ2n) is 11.4. The van der Waals surface area contributed by atoms with Crippen molar-refractivity contribution < 1.29 is 0 Å². The Morgan fingerprint density at radius 2 is 1.21 bits per heavy atom. The van der Waals surface area contributed by atoms with Crippen molar-refractivity contribution in [3.05, 3.63) is 58.7 Å². The van der Waals surface area contributed by atoms with E-state index in [2.05, 4.69) is 84.9 Å². The van der Waals surface area contributed by atoms with Crippen LogP contribution in [0.5, 0.6) is 0 Å². The highest BCUT2D eigenvalue weighted by Crippen LogP contribution is 2.51. The number of nitrogens with two attached hydrogens (primary N) is 2. The van der Waals surface area contributed by atoms with Crippen molar-refractivity contribution in [1.82, 2.24) is 0 Å². The molecule has 5 unspecified atom stereocenters. The maximum atomic E-state index is 6.34. The number of hydrogen-bond acceptors (Lipinski definition) is 2. The van der Waals surface area contributed by atoms with Gasteiger partial charge in [-0.05, 0) is 108 Å². The first-order chi connectivity index (χ1) is 15.7. The molecule has 4 N–H and O–H groups in total. The third-order valence-electron chi connectivity index (χ3n) is 8.68. The molecule has 5 atom stereocenters. The first-order valence-corrected chi connectivity index (χ1v) is 13.5. The fourth-order valence-electron chi connectivity index (χ4n) is 6.33. The second kappa shape index (κ2) is 11.0. The first kappa shape index (κ1) is 25.7. The highest BCUT2D eigenvalue weighted by Gasteiger charge is 2.39. The summed E-state index contributed by atoms with van der Waals surface area (Å²) in [4.78, 5) is 0. The standard InChI is InChI=1S/C31H48N2/c1-8-21(6)28-17-23(32)11-14-26(28)31(30-16-20(5)10-13-25(30)19(3)4)27-15-12-24(33)18-29(27)22(7)9-2/h11-12,14-15,17-22,25,30-31H,8-10,13,16,32-33H2,1-7H3. The van der Waals surface area contributed by atoms with E-state index in [0.717, 1.165) is 36.1 Å². The van der Waals surface area contributed by atoms with Crippen LogP contribution >= 0.6 is 0 Å². The van der Waals surface area contributed by atoms with Gasteiger partial charge in [-0.1, -0.05) is 67.0 Å². The van der Waals surface area contributed by atoms with E-state index in [1.54, 1.807) is 0 Å². The Morgan fingerprint density at radius 3 is 1.64 bits per heavy atom. The average molecular weight is 449 g/mol. The smallest absolute Gasteiger partial charge is 0.0317 e. The van der Waals surface area contributed by atoms with Crippen LogP contribution in [0, 0.1) is 23.7 Å². The molecule has 1 aliphatic carbocycles. The maximum Gasteiger partial charge on any atom is 0.0317 e. The van der Waals surface area contributed by atoms with E-state index in [1.165, 1.54) is 41.5 Å². The van der Waals surface area contributed by atoms with Gasteiger partial charge in [-0.15, -0.1) is 0 Å². The Labute approximate surface area is 203 Å². The lowest BCUT2D eigenvalue weighted by atomic mass is 9.61. The van der Waals surface area contributed by atoms with Crippen LogP contribution in [0.2, 0.25) is 0 Å². The molecule has 182 valence electrons. The van der Waals surface area contributed by atoms with Crippen molar-refractivity contribution in [3.63, 3.8) is 0 Å². The number of nitrogen functional groups attached to an aromatic ring is 2. The number of rotatable bonds is 8. The molecule has 0 radical (unpaired) electrons. The fourth-order valence-corrected chi connectivity index (χ4v) is 6.33. The number of anilines is 2. The van der Waals surface area contributed by atoms with Crippen LogP contribution in [0.25, 0.3) is 0 Å². The minimum Gasteiger partial charge on any atom is -0.399 e. The van der Waals surface area contributed by atoms with E-state index in [0.29, 0.717) is 29.6 Å². The average Bonchev–Trinajstić information content (AvgIpc) is 2.79. The summed E-state index contributed by atoms with van der Waals surface area (Å²) in [5.74, 6) is 4.19. The van der Waals surface area contributed by atoms with Gasteiger partial charge in [0.05, 0.1) is 0 Å². The Morgan fingerprint density at radius 1 is 0.727 bits per heavy atom. The Hall–Kier alpha value is -1.96. The zero-order valence-electron chi connectivity index (χ0n) is 22.2. The van der Waals surface area contributed by atoms with Crippen molar-refractivity contribution in [2.24, 2.45) is 23.7 Å². The van der Waals surface area contributed by atoms with Gasteiger partial charge in [0, 0.05) is 17.3 Å². The molecule has 0 heterocycles. The summed E-state index contributed by atoms with van der Waals surface area (Å²) >= 11 is 0. The lowest BCUT2D eigenvalue weighted by Gasteiger charge is -2.44. The van der Waals surface area contributed by atoms with Crippen LogP contribution in [0.15, 0.2) is 36.4 Å². The maximum absolute atomic E-state index is 6.34. The van der Waals surface area contributed by atoms with E-state index in [9.17, 15) is 0 Å². The van der Waals surface area contributed by atoms with Crippen LogP contribution in [-0.4, -0.2) is 0 Å². The molecule has 0 saturated heterocycles. The molecule has 0 spiro atoms. The fraction of sp³-hybridized carbons (Fsp3) is 0.613. The molecule has 33 heavy (non-hydrogen) atoms. The monoisotopic (exact) mass is 448 g/mol. The highest BCUT2D eigenvalue weighted by atomic mass is 14.6. The van der Waals surface area contributed by atoms with Crippen molar-refractivity contribution in [2.45, 2.75) is 98.3 Å². The molecule has 0 aliphatic heterocycles. The molecule has 0 aromatic heterocycles. The molecule has 2 heteroatoms. The lowest BCUT2D eigenvalue weighted by Crippen LogP contribution is -2.33. The largest absolute Gasteiger partial charge is 0.399 e. The van der Waals surface area contributed by atoms with E-state index in [1.807, 2.05) is 0 Å². The molecular formula is C31H48N2. The summed E-state index contributed by atoms with van der Waals surface area (Å²) in [5.41, 5.74) is 20.3. The van der Waals surface area contributed by atoms with Crippen LogP contribution in [-0.2, 0) is 0 Å². The van der Waals surface area contributed by atoms with E-state index in [-0.39, 0.29) is 0 Å². The van der Waals surface area contributed by atoms with Gasteiger partial charge in [0.1, 0.15) is 0 Å². The zero-order chi connectivity index (χ0) is 24.3. The van der Waals surface area contributed by atoms with Gasteiger partial charge in [0.25, 0.3) is 0 Å². The van der Waals surface area contributed by atoms with Crippen molar-refractivity contribution >= 4 is 11.4 Å². The van der Waals surface area contributed by atoms with Gasteiger partial charge in [-0.2, -0.15) is 0 Å². The van der Waals surface area contributed by atoms with Crippen LogP contribution in [0.4, 0.5) is 11.4 Å². The normalized spacial score (nSPS) is 23.9. The van der Waals surface area contributed by atoms with Crippen LogP contribution in [0.3, 0.4) is 0 Å². The first-order valence-electron chi connectivity index (χ1n) is 13.5. The molecule has 2 nitrogen and oxygen atoms in total. The third kappa shape index (κ3) is 5.58. The molecule has 1 fully saturated rings. The quantitative estimate of drug-likeness (QED) is 0.397. The Bertz CT molecular complexity index is 856. The molecule has 2 aromatic rings. The molecule has 2 aromatic carbocycles. The van der Waals surface area contributed by atoms with Gasteiger partial charge in [-0.3, -0.25) is 0 Å². The topological polar surface area (TPSA) is 52.0 Å². The summed E-state index contributed by atoms with van der Waals surface area (Å²) < 4.78 is 0. The van der Waals surface area contributed by atoms with Crippen molar-refractivity contribution in [1.29, 1.82) is 0 Å². The van der Waals surface area contributed by atoms with E-state index in [4.69, 9.17) is 11.5 Å². The number of benzene rings is 2. The van der Waals surface area contributed by atoms with Gasteiger partial charge in [-0.25, -0.2) is 0 Å². The SMILES string of the molecule is CCC(C)c1cc(N)ccc1C(c1ccc(N)cc1C(C)CC)C1CC(C)CCC1C(C)C. The van der Waals surface area contributed by atoms with Gasteiger partial charge >= 0.3 is 0 Å². The molecule has 1 saturated carbocycles. The third-order valence-corrected chi connectivity index (χ3v) is 8.68.